The van der Waals surface area contributed by atoms with Crippen molar-refractivity contribution >= 4 is 18.3 Å². The standard InChI is InChI=1S/C15H28N2O2.ClH/c1-15(2,9-19-3)17-14(18)12-7-10-5-4-6-11(8-12)13(10)16;/h10-13H,4-9,16H2,1-3H3,(H,17,18);1H. The molecule has 0 aromatic rings. The predicted octanol–water partition coefficient (Wildman–Crippen LogP) is 2.10. The van der Waals surface area contributed by atoms with Crippen LogP contribution in [-0.4, -0.2) is 31.2 Å². The Morgan fingerprint density at radius 1 is 1.30 bits per heavy atom. The average Bonchev–Trinajstić information content (AvgIpc) is 2.27. The largest absolute Gasteiger partial charge is 0.382 e. The first kappa shape index (κ1) is 17.7. The van der Waals surface area contributed by atoms with E-state index in [1.54, 1.807) is 7.11 Å². The molecule has 2 fully saturated rings. The quantitative estimate of drug-likeness (QED) is 0.836. The monoisotopic (exact) mass is 304 g/mol. The molecule has 118 valence electrons. The molecule has 2 aliphatic rings. The number of nitrogens with one attached hydrogen (secondary N) is 1. The molecule has 2 bridgehead atoms. The Bertz CT molecular complexity index is 322. The number of hydrogen-bond donors (Lipinski definition) is 2. The van der Waals surface area contributed by atoms with Crippen molar-refractivity contribution in [2.75, 3.05) is 13.7 Å². The molecule has 4 nitrogen and oxygen atoms in total. The Morgan fingerprint density at radius 2 is 1.85 bits per heavy atom. The lowest BCUT2D eigenvalue weighted by molar-refractivity contribution is -0.130. The lowest BCUT2D eigenvalue weighted by Gasteiger charge is -2.44. The van der Waals surface area contributed by atoms with E-state index in [9.17, 15) is 4.79 Å². The van der Waals surface area contributed by atoms with Gasteiger partial charge in [-0.05, 0) is 51.4 Å². The minimum atomic E-state index is -0.291. The van der Waals surface area contributed by atoms with Crippen LogP contribution in [0.2, 0.25) is 0 Å². The molecule has 2 aliphatic carbocycles. The Kier molecular flexibility index (Phi) is 6.29. The summed E-state index contributed by atoms with van der Waals surface area (Å²) in [6.07, 6.45) is 5.61. The van der Waals surface area contributed by atoms with Gasteiger partial charge in [0.05, 0.1) is 12.1 Å². The van der Waals surface area contributed by atoms with Crippen LogP contribution >= 0.6 is 12.4 Å². The van der Waals surface area contributed by atoms with Gasteiger partial charge >= 0.3 is 0 Å². The third kappa shape index (κ3) is 4.09. The summed E-state index contributed by atoms with van der Waals surface area (Å²) >= 11 is 0. The Balaban J connectivity index is 0.00000200. The van der Waals surface area contributed by atoms with Crippen LogP contribution in [0.3, 0.4) is 0 Å². The molecule has 20 heavy (non-hydrogen) atoms. The highest BCUT2D eigenvalue weighted by atomic mass is 35.5. The van der Waals surface area contributed by atoms with Gasteiger partial charge in [-0.15, -0.1) is 12.4 Å². The highest BCUT2D eigenvalue weighted by molar-refractivity contribution is 5.85. The molecule has 1 amide bonds. The molecule has 2 saturated carbocycles. The Hall–Kier alpha value is -0.320. The zero-order valence-corrected chi connectivity index (χ0v) is 13.7. The molecule has 3 N–H and O–H groups in total. The van der Waals surface area contributed by atoms with Crippen LogP contribution < -0.4 is 11.1 Å². The molecule has 0 heterocycles. The van der Waals surface area contributed by atoms with Gasteiger partial charge in [0.15, 0.2) is 0 Å². The zero-order valence-electron chi connectivity index (χ0n) is 12.9. The van der Waals surface area contributed by atoms with Crippen LogP contribution in [0.15, 0.2) is 0 Å². The van der Waals surface area contributed by atoms with E-state index in [1.807, 2.05) is 13.8 Å². The zero-order chi connectivity index (χ0) is 14.0. The first-order chi connectivity index (χ1) is 8.93. The van der Waals surface area contributed by atoms with E-state index in [-0.39, 0.29) is 29.8 Å². The summed E-state index contributed by atoms with van der Waals surface area (Å²) in [4.78, 5) is 12.4. The summed E-state index contributed by atoms with van der Waals surface area (Å²) in [5.41, 5.74) is 5.98. The molecule has 0 radical (unpaired) electrons. The number of hydrogen-bond acceptors (Lipinski definition) is 3. The fourth-order valence-electron chi connectivity index (χ4n) is 3.84. The summed E-state index contributed by atoms with van der Waals surface area (Å²) in [5.74, 6) is 1.43. The van der Waals surface area contributed by atoms with E-state index in [4.69, 9.17) is 10.5 Å². The van der Waals surface area contributed by atoms with Crippen molar-refractivity contribution in [3.63, 3.8) is 0 Å². The van der Waals surface area contributed by atoms with Gasteiger partial charge in [0.1, 0.15) is 0 Å². The van der Waals surface area contributed by atoms with Crippen molar-refractivity contribution < 1.29 is 9.53 Å². The fraction of sp³-hybridized carbons (Fsp3) is 0.933. The highest BCUT2D eigenvalue weighted by Gasteiger charge is 2.41. The molecule has 5 heteroatoms. The van der Waals surface area contributed by atoms with Gasteiger partial charge in [-0.3, -0.25) is 4.79 Å². The van der Waals surface area contributed by atoms with Gasteiger partial charge in [-0.2, -0.15) is 0 Å². The molecule has 0 aliphatic heterocycles. The highest BCUT2D eigenvalue weighted by Crippen LogP contribution is 2.41. The van der Waals surface area contributed by atoms with E-state index in [1.165, 1.54) is 19.3 Å². The number of carbonyl (C=O) groups is 1. The van der Waals surface area contributed by atoms with E-state index in [0.29, 0.717) is 24.5 Å². The third-order valence-corrected chi connectivity index (χ3v) is 4.75. The van der Waals surface area contributed by atoms with Gasteiger partial charge in [0.2, 0.25) is 5.91 Å². The third-order valence-electron chi connectivity index (χ3n) is 4.75. The van der Waals surface area contributed by atoms with Crippen molar-refractivity contribution in [3.05, 3.63) is 0 Å². The number of ether oxygens (including phenoxy) is 1. The second kappa shape index (κ2) is 7.10. The van der Waals surface area contributed by atoms with E-state index in [2.05, 4.69) is 5.32 Å². The maximum Gasteiger partial charge on any atom is 0.223 e. The molecule has 2 unspecified atom stereocenters. The summed E-state index contributed by atoms with van der Waals surface area (Å²) in [6, 6.07) is 0.324. The topological polar surface area (TPSA) is 64.3 Å². The summed E-state index contributed by atoms with van der Waals surface area (Å²) in [7, 11) is 1.66. The molecule has 0 spiro atoms. The summed E-state index contributed by atoms with van der Waals surface area (Å²) in [6.45, 7) is 4.55. The average molecular weight is 305 g/mol. The second-order valence-electron chi connectivity index (χ2n) is 7.00. The number of nitrogens with two attached hydrogens (primary N) is 1. The smallest absolute Gasteiger partial charge is 0.223 e. The summed E-state index contributed by atoms with van der Waals surface area (Å²) < 4.78 is 5.15. The number of carbonyl (C=O) groups excluding carboxylic acids is 1. The minimum absolute atomic E-state index is 0. The number of halogens is 1. The number of fused-ring (bicyclic) bond motifs is 2. The van der Waals surface area contributed by atoms with Crippen LogP contribution in [-0.2, 0) is 9.53 Å². The Morgan fingerprint density at radius 3 is 2.35 bits per heavy atom. The molecule has 2 atom stereocenters. The van der Waals surface area contributed by atoms with Crippen LogP contribution in [0.4, 0.5) is 0 Å². The SMILES string of the molecule is COCC(C)(C)NC(=O)C1CC2CCCC(C1)C2N.Cl. The minimum Gasteiger partial charge on any atom is -0.382 e. The van der Waals surface area contributed by atoms with Gasteiger partial charge in [0.25, 0.3) is 0 Å². The number of amides is 1. The molecule has 2 rings (SSSR count). The number of rotatable bonds is 4. The summed E-state index contributed by atoms with van der Waals surface area (Å²) in [5, 5.41) is 3.13. The molecular weight excluding hydrogens is 276 g/mol. The van der Waals surface area contributed by atoms with Crippen LogP contribution in [0.1, 0.15) is 46.0 Å². The molecule has 0 aromatic heterocycles. The van der Waals surface area contributed by atoms with Crippen molar-refractivity contribution in [2.24, 2.45) is 23.5 Å². The maximum absolute atomic E-state index is 12.4. The van der Waals surface area contributed by atoms with E-state index >= 15 is 0 Å². The van der Waals surface area contributed by atoms with Crippen molar-refractivity contribution in [2.45, 2.75) is 57.5 Å². The fourth-order valence-corrected chi connectivity index (χ4v) is 3.84. The van der Waals surface area contributed by atoms with Gasteiger partial charge < -0.3 is 15.8 Å². The van der Waals surface area contributed by atoms with Gasteiger partial charge in [-0.25, -0.2) is 0 Å². The first-order valence-electron chi connectivity index (χ1n) is 7.49. The lowest BCUT2D eigenvalue weighted by Crippen LogP contribution is -2.53. The van der Waals surface area contributed by atoms with Crippen molar-refractivity contribution in [3.8, 4) is 0 Å². The van der Waals surface area contributed by atoms with Gasteiger partial charge in [0, 0.05) is 19.1 Å². The molecule has 0 aromatic carbocycles. The van der Waals surface area contributed by atoms with E-state index < -0.39 is 0 Å². The number of methoxy groups -OCH3 is 1. The predicted molar refractivity (Wildman–Crippen MR) is 82.9 cm³/mol. The normalized spacial score (nSPS) is 33.2. The Labute approximate surface area is 128 Å². The second-order valence-corrected chi connectivity index (χ2v) is 7.00. The van der Waals surface area contributed by atoms with Crippen LogP contribution in [0.25, 0.3) is 0 Å². The van der Waals surface area contributed by atoms with E-state index in [0.717, 1.165) is 12.8 Å². The maximum atomic E-state index is 12.4. The van der Waals surface area contributed by atoms with Crippen LogP contribution in [0, 0.1) is 17.8 Å². The van der Waals surface area contributed by atoms with Gasteiger partial charge in [-0.1, -0.05) is 6.42 Å². The molecular formula is C15H29ClN2O2. The molecule has 0 saturated heterocycles. The first-order valence-corrected chi connectivity index (χ1v) is 7.49. The van der Waals surface area contributed by atoms with Crippen LogP contribution in [0.5, 0.6) is 0 Å². The van der Waals surface area contributed by atoms with Crippen molar-refractivity contribution in [1.29, 1.82) is 0 Å². The lowest BCUT2D eigenvalue weighted by atomic mass is 9.65. The van der Waals surface area contributed by atoms with Crippen molar-refractivity contribution in [1.82, 2.24) is 5.32 Å².